The van der Waals surface area contributed by atoms with Crippen molar-refractivity contribution in [1.29, 1.82) is 0 Å². The van der Waals surface area contributed by atoms with E-state index in [0.717, 1.165) is 16.3 Å². The van der Waals surface area contributed by atoms with Crippen LogP contribution < -0.4 is 15.0 Å². The van der Waals surface area contributed by atoms with Crippen LogP contribution in [0.2, 0.25) is 0 Å². The summed E-state index contributed by atoms with van der Waals surface area (Å²) in [5.41, 5.74) is 3.34. The summed E-state index contributed by atoms with van der Waals surface area (Å²) < 4.78 is 5.73. The number of carbonyl (C=O) groups is 2. The normalized spacial score (nSPS) is 16.0. The number of aromatic nitrogens is 1. The molecule has 29 heavy (non-hydrogen) atoms. The zero-order chi connectivity index (χ0) is 20.4. The van der Waals surface area contributed by atoms with Gasteiger partial charge in [-0.2, -0.15) is 0 Å². The molecule has 0 bridgehead atoms. The standard InChI is InChI=1S/C22H21N3O3S/c1-14-13-29-22(23-14)16-7-9-17(10-8-16)28-12-21(27)25-15(2)11-20(26)24-18-5-3-4-6-19(18)25/h3-10,13,15H,11-12H2,1-2H3,(H,24,26)/t15-/m1/s1. The lowest BCUT2D eigenvalue weighted by atomic mass is 10.1. The zero-order valence-electron chi connectivity index (χ0n) is 16.2. The summed E-state index contributed by atoms with van der Waals surface area (Å²) in [6, 6.07) is 14.6. The minimum absolute atomic E-state index is 0.103. The Balaban J connectivity index is 1.47. The molecule has 148 valence electrons. The highest BCUT2D eigenvalue weighted by Crippen LogP contribution is 2.31. The molecule has 0 saturated heterocycles. The molecule has 0 spiro atoms. The summed E-state index contributed by atoms with van der Waals surface area (Å²) in [4.78, 5) is 31.1. The number of thiazole rings is 1. The molecule has 1 aromatic heterocycles. The number of para-hydroxylation sites is 2. The minimum Gasteiger partial charge on any atom is -0.484 e. The third-order valence-corrected chi connectivity index (χ3v) is 5.72. The number of aryl methyl sites for hydroxylation is 1. The van der Waals surface area contributed by atoms with Crippen LogP contribution in [-0.2, 0) is 9.59 Å². The number of hydrogen-bond acceptors (Lipinski definition) is 5. The van der Waals surface area contributed by atoms with Gasteiger partial charge >= 0.3 is 0 Å². The number of hydrogen-bond donors (Lipinski definition) is 1. The Morgan fingerprint density at radius 3 is 2.72 bits per heavy atom. The number of anilines is 2. The second-order valence-corrected chi connectivity index (χ2v) is 7.85. The molecule has 1 atom stereocenters. The van der Waals surface area contributed by atoms with Crippen LogP contribution in [-0.4, -0.2) is 29.4 Å². The SMILES string of the molecule is Cc1csc(-c2ccc(OCC(=O)N3c4ccccc4NC(=O)C[C@H]3C)cc2)n1. The number of amides is 2. The van der Waals surface area contributed by atoms with E-state index >= 15 is 0 Å². The first kappa shape index (κ1) is 19.1. The summed E-state index contributed by atoms with van der Waals surface area (Å²) in [6.07, 6.45) is 0.238. The fourth-order valence-corrected chi connectivity index (χ4v) is 4.17. The topological polar surface area (TPSA) is 71.5 Å². The Labute approximate surface area is 173 Å². The van der Waals surface area contributed by atoms with Crippen molar-refractivity contribution >= 4 is 34.5 Å². The molecular weight excluding hydrogens is 386 g/mol. The molecule has 1 N–H and O–H groups in total. The second kappa shape index (κ2) is 8.05. The van der Waals surface area contributed by atoms with E-state index in [2.05, 4.69) is 10.3 Å². The lowest BCUT2D eigenvalue weighted by Gasteiger charge is -2.27. The van der Waals surface area contributed by atoms with Gasteiger partial charge in [0, 0.05) is 29.1 Å². The van der Waals surface area contributed by atoms with Crippen LogP contribution in [0.1, 0.15) is 19.0 Å². The zero-order valence-corrected chi connectivity index (χ0v) is 17.0. The maximum Gasteiger partial charge on any atom is 0.265 e. The molecule has 0 radical (unpaired) electrons. The average molecular weight is 407 g/mol. The van der Waals surface area contributed by atoms with E-state index in [1.165, 1.54) is 0 Å². The van der Waals surface area contributed by atoms with Crippen LogP contribution in [0.4, 0.5) is 11.4 Å². The Bertz CT molecular complexity index is 1050. The van der Waals surface area contributed by atoms with Crippen LogP contribution in [0.3, 0.4) is 0 Å². The summed E-state index contributed by atoms with van der Waals surface area (Å²) in [6.45, 7) is 3.72. The van der Waals surface area contributed by atoms with Gasteiger partial charge in [0.15, 0.2) is 6.61 Å². The largest absolute Gasteiger partial charge is 0.484 e. The van der Waals surface area contributed by atoms with E-state index in [1.807, 2.05) is 61.7 Å². The first-order valence-electron chi connectivity index (χ1n) is 9.37. The molecule has 3 aromatic rings. The molecule has 2 amide bonds. The first-order chi connectivity index (χ1) is 14.0. The molecule has 0 fully saturated rings. The van der Waals surface area contributed by atoms with Crippen molar-refractivity contribution in [2.24, 2.45) is 0 Å². The molecule has 6 nitrogen and oxygen atoms in total. The Morgan fingerprint density at radius 1 is 1.24 bits per heavy atom. The molecule has 1 aliphatic rings. The molecule has 2 aromatic carbocycles. The number of fused-ring (bicyclic) bond motifs is 1. The van der Waals surface area contributed by atoms with Gasteiger partial charge in [-0.05, 0) is 50.2 Å². The predicted octanol–water partition coefficient (Wildman–Crippen LogP) is 4.26. The van der Waals surface area contributed by atoms with Crippen LogP contribution in [0.15, 0.2) is 53.9 Å². The van der Waals surface area contributed by atoms with E-state index in [0.29, 0.717) is 17.1 Å². The third kappa shape index (κ3) is 4.14. The first-order valence-corrected chi connectivity index (χ1v) is 10.3. The number of rotatable bonds is 4. The Morgan fingerprint density at radius 2 is 2.00 bits per heavy atom. The lowest BCUT2D eigenvalue weighted by Crippen LogP contribution is -2.41. The number of nitrogens with one attached hydrogen (secondary N) is 1. The van der Waals surface area contributed by atoms with Gasteiger partial charge in [0.05, 0.1) is 11.4 Å². The van der Waals surface area contributed by atoms with Crippen molar-refractivity contribution in [1.82, 2.24) is 4.98 Å². The van der Waals surface area contributed by atoms with Crippen LogP contribution >= 0.6 is 11.3 Å². The molecule has 7 heteroatoms. The number of carbonyl (C=O) groups excluding carboxylic acids is 2. The van der Waals surface area contributed by atoms with Gasteiger partial charge in [0.1, 0.15) is 10.8 Å². The quantitative estimate of drug-likeness (QED) is 0.701. The summed E-state index contributed by atoms with van der Waals surface area (Å²) in [7, 11) is 0. The molecule has 1 aliphatic heterocycles. The molecule has 2 heterocycles. The van der Waals surface area contributed by atoms with Gasteiger partial charge in [-0.25, -0.2) is 4.98 Å². The summed E-state index contributed by atoms with van der Waals surface area (Å²) in [5.74, 6) is 0.315. The molecular formula is C22H21N3O3S. The molecule has 0 aliphatic carbocycles. The highest BCUT2D eigenvalue weighted by molar-refractivity contribution is 7.13. The molecule has 0 saturated carbocycles. The Hall–Kier alpha value is -3.19. The average Bonchev–Trinajstić information content (AvgIpc) is 3.09. The predicted molar refractivity (Wildman–Crippen MR) is 114 cm³/mol. The fraction of sp³-hybridized carbons (Fsp3) is 0.227. The number of ether oxygens (including phenoxy) is 1. The summed E-state index contributed by atoms with van der Waals surface area (Å²) >= 11 is 1.60. The van der Waals surface area contributed by atoms with Crippen molar-refractivity contribution in [3.63, 3.8) is 0 Å². The van der Waals surface area contributed by atoms with Crippen molar-refractivity contribution < 1.29 is 14.3 Å². The minimum atomic E-state index is -0.259. The molecule has 0 unspecified atom stereocenters. The Kier molecular flexibility index (Phi) is 5.31. The highest BCUT2D eigenvalue weighted by Gasteiger charge is 2.29. The van der Waals surface area contributed by atoms with E-state index in [-0.39, 0.29) is 30.9 Å². The lowest BCUT2D eigenvalue weighted by molar-refractivity contribution is -0.121. The molecule has 4 rings (SSSR count). The van der Waals surface area contributed by atoms with E-state index in [1.54, 1.807) is 22.3 Å². The monoisotopic (exact) mass is 407 g/mol. The van der Waals surface area contributed by atoms with Gasteiger partial charge in [-0.1, -0.05) is 12.1 Å². The van der Waals surface area contributed by atoms with Gasteiger partial charge < -0.3 is 15.0 Å². The van der Waals surface area contributed by atoms with Gasteiger partial charge in [-0.15, -0.1) is 11.3 Å². The van der Waals surface area contributed by atoms with Crippen molar-refractivity contribution in [3.05, 3.63) is 59.6 Å². The second-order valence-electron chi connectivity index (χ2n) is 6.99. The van der Waals surface area contributed by atoms with Crippen molar-refractivity contribution in [2.75, 3.05) is 16.8 Å². The van der Waals surface area contributed by atoms with E-state index in [4.69, 9.17) is 4.74 Å². The maximum atomic E-state index is 12.9. The fourth-order valence-electron chi connectivity index (χ4n) is 3.36. The van der Waals surface area contributed by atoms with Crippen molar-refractivity contribution in [3.8, 4) is 16.3 Å². The third-order valence-electron chi connectivity index (χ3n) is 4.71. The van der Waals surface area contributed by atoms with E-state index < -0.39 is 0 Å². The van der Waals surface area contributed by atoms with E-state index in [9.17, 15) is 9.59 Å². The summed E-state index contributed by atoms with van der Waals surface area (Å²) in [5, 5.41) is 5.82. The smallest absolute Gasteiger partial charge is 0.265 e. The van der Waals surface area contributed by atoms with Gasteiger partial charge in [-0.3, -0.25) is 9.59 Å². The highest BCUT2D eigenvalue weighted by atomic mass is 32.1. The van der Waals surface area contributed by atoms with Gasteiger partial charge in [0.25, 0.3) is 5.91 Å². The number of benzene rings is 2. The van der Waals surface area contributed by atoms with Crippen LogP contribution in [0, 0.1) is 6.92 Å². The van der Waals surface area contributed by atoms with Crippen LogP contribution in [0.25, 0.3) is 10.6 Å². The van der Waals surface area contributed by atoms with Crippen molar-refractivity contribution in [2.45, 2.75) is 26.3 Å². The maximum absolute atomic E-state index is 12.9. The number of nitrogens with zero attached hydrogens (tertiary/aromatic N) is 2. The van der Waals surface area contributed by atoms with Crippen LogP contribution in [0.5, 0.6) is 5.75 Å². The van der Waals surface area contributed by atoms with Gasteiger partial charge in [0.2, 0.25) is 5.91 Å².